The van der Waals surface area contributed by atoms with E-state index in [0.29, 0.717) is 23.3 Å². The molecule has 2 fully saturated rings. The minimum atomic E-state index is 0.0112. The van der Waals surface area contributed by atoms with Crippen LogP contribution in [0.2, 0.25) is 0 Å². The van der Waals surface area contributed by atoms with E-state index in [1.165, 1.54) is 25.7 Å². The van der Waals surface area contributed by atoms with E-state index in [2.05, 4.69) is 25.7 Å². The smallest absolute Gasteiger partial charge is 0.323 e. The Hall–Kier alpha value is -1.63. The van der Waals surface area contributed by atoms with Crippen LogP contribution in [-0.2, 0) is 0 Å². The van der Waals surface area contributed by atoms with E-state index < -0.39 is 0 Å². The van der Waals surface area contributed by atoms with Crippen molar-refractivity contribution < 1.29 is 4.74 Å². The van der Waals surface area contributed by atoms with Crippen LogP contribution in [-0.4, -0.2) is 27.6 Å². The van der Waals surface area contributed by atoms with Crippen molar-refractivity contribution in [2.24, 2.45) is 17.2 Å². The standard InChI is InChI=1S/C13H22N6O/c1-8(2)20-12-17-10(16-11(18-12)19-14)15-7-13(5-6-13)9-3-4-9/h8-9H,3-7,14H2,1-2H3,(H2,15,16,17,18,19). The van der Waals surface area contributed by atoms with E-state index in [-0.39, 0.29) is 6.10 Å². The van der Waals surface area contributed by atoms with Gasteiger partial charge in [0.1, 0.15) is 0 Å². The van der Waals surface area contributed by atoms with Crippen LogP contribution < -0.4 is 21.3 Å². The first-order valence-electron chi connectivity index (χ1n) is 7.24. The third-order valence-electron chi connectivity index (χ3n) is 4.02. The summed E-state index contributed by atoms with van der Waals surface area (Å²) < 4.78 is 5.51. The zero-order valence-corrected chi connectivity index (χ0v) is 12.0. The fourth-order valence-electron chi connectivity index (χ4n) is 2.60. The number of hydrazine groups is 1. The maximum Gasteiger partial charge on any atom is 0.323 e. The van der Waals surface area contributed by atoms with E-state index in [1.807, 2.05) is 13.8 Å². The molecular formula is C13H22N6O. The molecule has 0 atom stereocenters. The minimum absolute atomic E-state index is 0.0112. The number of hydrogen-bond acceptors (Lipinski definition) is 7. The van der Waals surface area contributed by atoms with E-state index >= 15 is 0 Å². The first-order chi connectivity index (χ1) is 9.61. The number of aromatic nitrogens is 3. The number of hydrogen-bond donors (Lipinski definition) is 3. The highest BCUT2D eigenvalue weighted by atomic mass is 16.5. The molecule has 4 N–H and O–H groups in total. The number of rotatable bonds is 7. The van der Waals surface area contributed by atoms with Crippen LogP contribution >= 0.6 is 0 Å². The highest BCUT2D eigenvalue weighted by molar-refractivity contribution is 5.35. The fourth-order valence-corrected chi connectivity index (χ4v) is 2.60. The van der Waals surface area contributed by atoms with Gasteiger partial charge in [-0.1, -0.05) is 0 Å². The maximum atomic E-state index is 5.51. The summed E-state index contributed by atoms with van der Waals surface area (Å²) in [6.07, 6.45) is 5.38. The second-order valence-electron chi connectivity index (χ2n) is 6.07. The van der Waals surface area contributed by atoms with Crippen molar-refractivity contribution in [3.63, 3.8) is 0 Å². The average molecular weight is 278 g/mol. The lowest BCUT2D eigenvalue weighted by Gasteiger charge is -2.16. The highest BCUT2D eigenvalue weighted by Gasteiger charge is 2.53. The highest BCUT2D eigenvalue weighted by Crippen LogP contribution is 2.61. The molecule has 0 saturated heterocycles. The molecule has 2 saturated carbocycles. The number of nitrogen functional groups attached to an aromatic ring is 1. The van der Waals surface area contributed by atoms with E-state index in [1.54, 1.807) is 0 Å². The lowest BCUT2D eigenvalue weighted by atomic mass is 10.0. The van der Waals surface area contributed by atoms with Gasteiger partial charge in [0.05, 0.1) is 6.10 Å². The fraction of sp³-hybridized carbons (Fsp3) is 0.769. The zero-order valence-electron chi connectivity index (χ0n) is 12.0. The second kappa shape index (κ2) is 5.05. The Labute approximate surface area is 118 Å². The van der Waals surface area contributed by atoms with Crippen LogP contribution in [0.4, 0.5) is 11.9 Å². The third kappa shape index (κ3) is 2.92. The van der Waals surface area contributed by atoms with Crippen LogP contribution in [0.25, 0.3) is 0 Å². The summed E-state index contributed by atoms with van der Waals surface area (Å²) in [6, 6.07) is 0.293. The van der Waals surface area contributed by atoms with Gasteiger partial charge in [-0.15, -0.1) is 0 Å². The first-order valence-corrected chi connectivity index (χ1v) is 7.24. The van der Waals surface area contributed by atoms with Gasteiger partial charge in [0.15, 0.2) is 0 Å². The normalized spacial score (nSPS) is 19.8. The SMILES string of the molecule is CC(C)Oc1nc(NN)nc(NCC2(C3CC3)CC2)n1. The molecule has 0 spiro atoms. The quantitative estimate of drug-likeness (QED) is 0.514. The maximum absolute atomic E-state index is 5.51. The zero-order chi connectivity index (χ0) is 14.2. The van der Waals surface area contributed by atoms with Gasteiger partial charge in [0.25, 0.3) is 0 Å². The van der Waals surface area contributed by atoms with Gasteiger partial charge in [0.2, 0.25) is 11.9 Å². The lowest BCUT2D eigenvalue weighted by molar-refractivity contribution is 0.222. The molecule has 1 heterocycles. The van der Waals surface area contributed by atoms with Crippen molar-refractivity contribution in [3.8, 4) is 6.01 Å². The Kier molecular flexibility index (Phi) is 3.37. The third-order valence-corrected chi connectivity index (χ3v) is 4.02. The number of nitrogens with zero attached hydrogens (tertiary/aromatic N) is 3. The molecule has 3 rings (SSSR count). The van der Waals surface area contributed by atoms with E-state index in [4.69, 9.17) is 10.6 Å². The number of ether oxygens (including phenoxy) is 1. The second-order valence-corrected chi connectivity index (χ2v) is 6.07. The van der Waals surface area contributed by atoms with Gasteiger partial charge in [0, 0.05) is 6.54 Å². The number of nitrogens with one attached hydrogen (secondary N) is 2. The Morgan fingerprint density at radius 3 is 2.50 bits per heavy atom. The molecule has 7 nitrogen and oxygen atoms in total. The molecule has 0 aromatic carbocycles. The van der Waals surface area contributed by atoms with Gasteiger partial charge >= 0.3 is 6.01 Å². The summed E-state index contributed by atoms with van der Waals surface area (Å²) >= 11 is 0. The molecule has 7 heteroatoms. The summed E-state index contributed by atoms with van der Waals surface area (Å²) in [7, 11) is 0. The Morgan fingerprint density at radius 2 is 1.95 bits per heavy atom. The summed E-state index contributed by atoms with van der Waals surface area (Å²) in [5, 5.41) is 3.32. The van der Waals surface area contributed by atoms with Crippen molar-refractivity contribution in [2.75, 3.05) is 17.3 Å². The van der Waals surface area contributed by atoms with E-state index in [0.717, 1.165) is 12.5 Å². The van der Waals surface area contributed by atoms with Crippen LogP contribution in [0.1, 0.15) is 39.5 Å². The van der Waals surface area contributed by atoms with Crippen molar-refractivity contribution in [1.29, 1.82) is 0 Å². The molecule has 1 aromatic rings. The Balaban J connectivity index is 1.68. The molecule has 0 radical (unpaired) electrons. The van der Waals surface area contributed by atoms with Crippen molar-refractivity contribution in [2.45, 2.75) is 45.6 Å². The van der Waals surface area contributed by atoms with Crippen molar-refractivity contribution in [3.05, 3.63) is 0 Å². The summed E-state index contributed by atoms with van der Waals surface area (Å²) in [5.74, 6) is 7.12. The molecule has 0 bridgehead atoms. The van der Waals surface area contributed by atoms with Gasteiger partial charge in [-0.25, -0.2) is 5.84 Å². The monoisotopic (exact) mass is 278 g/mol. The van der Waals surface area contributed by atoms with Gasteiger partial charge < -0.3 is 10.1 Å². The largest absolute Gasteiger partial charge is 0.461 e. The van der Waals surface area contributed by atoms with Gasteiger partial charge in [-0.3, -0.25) is 5.43 Å². The average Bonchev–Trinajstić information content (AvgIpc) is 3.26. The molecular weight excluding hydrogens is 256 g/mol. The van der Waals surface area contributed by atoms with Crippen LogP contribution in [0.15, 0.2) is 0 Å². The predicted octanol–water partition coefficient (Wildman–Crippen LogP) is 1.55. The van der Waals surface area contributed by atoms with Gasteiger partial charge in [-0.2, -0.15) is 15.0 Å². The summed E-state index contributed by atoms with van der Waals surface area (Å²) in [6.45, 7) is 4.78. The topological polar surface area (TPSA) is 98.0 Å². The van der Waals surface area contributed by atoms with Crippen LogP contribution in [0, 0.1) is 11.3 Å². The molecule has 110 valence electrons. The Morgan fingerprint density at radius 1 is 1.25 bits per heavy atom. The van der Waals surface area contributed by atoms with Gasteiger partial charge in [-0.05, 0) is 50.9 Å². The Bertz CT molecular complexity index is 484. The first kappa shape index (κ1) is 13.4. The number of anilines is 2. The molecule has 20 heavy (non-hydrogen) atoms. The molecule has 0 aliphatic heterocycles. The number of nitrogens with two attached hydrogens (primary N) is 1. The molecule has 2 aliphatic carbocycles. The van der Waals surface area contributed by atoms with Crippen LogP contribution in [0.5, 0.6) is 6.01 Å². The summed E-state index contributed by atoms with van der Waals surface area (Å²) in [4.78, 5) is 12.6. The predicted molar refractivity (Wildman–Crippen MR) is 76.3 cm³/mol. The van der Waals surface area contributed by atoms with Crippen molar-refractivity contribution in [1.82, 2.24) is 15.0 Å². The lowest BCUT2D eigenvalue weighted by Crippen LogP contribution is -2.21. The molecule has 1 aromatic heterocycles. The van der Waals surface area contributed by atoms with Crippen molar-refractivity contribution >= 4 is 11.9 Å². The van der Waals surface area contributed by atoms with E-state index in [9.17, 15) is 0 Å². The van der Waals surface area contributed by atoms with Crippen LogP contribution in [0.3, 0.4) is 0 Å². The molecule has 2 aliphatic rings. The minimum Gasteiger partial charge on any atom is -0.461 e. The molecule has 0 unspecified atom stereocenters. The summed E-state index contributed by atoms with van der Waals surface area (Å²) in [5.41, 5.74) is 2.93. The molecule has 0 amide bonds.